The second-order valence-corrected chi connectivity index (χ2v) is 6.25. The lowest BCUT2D eigenvalue weighted by Gasteiger charge is -2.47. The number of carbonyl (C=O) groups is 1. The molecule has 1 aromatic heterocycles. The van der Waals surface area contributed by atoms with E-state index in [1.54, 1.807) is 4.90 Å². The van der Waals surface area contributed by atoms with Crippen LogP contribution < -0.4 is 9.80 Å². The van der Waals surface area contributed by atoms with E-state index in [9.17, 15) is 18.0 Å². The Morgan fingerprint density at radius 2 is 2.08 bits per heavy atom. The Bertz CT molecular complexity index is 674. The van der Waals surface area contributed by atoms with E-state index in [2.05, 4.69) is 30.3 Å². The van der Waals surface area contributed by atoms with Crippen LogP contribution in [0.15, 0.2) is 25.0 Å². The van der Waals surface area contributed by atoms with E-state index in [4.69, 9.17) is 0 Å². The Balaban J connectivity index is 2.04. The first-order chi connectivity index (χ1) is 11.2. The molecule has 0 spiro atoms. The lowest BCUT2D eigenvalue weighted by atomic mass is 10.0. The molecule has 1 saturated heterocycles. The van der Waals surface area contributed by atoms with Gasteiger partial charge in [0.25, 0.3) is 5.91 Å². The maximum Gasteiger partial charge on any atom is 0.417 e. The molecule has 0 aromatic carbocycles. The molecule has 3 rings (SSSR count). The van der Waals surface area contributed by atoms with Crippen LogP contribution >= 0.6 is 0 Å². The van der Waals surface area contributed by atoms with Crippen molar-refractivity contribution in [1.82, 2.24) is 9.88 Å². The summed E-state index contributed by atoms with van der Waals surface area (Å²) in [5.74, 6) is 0.125. The monoisotopic (exact) mass is 340 g/mol. The number of aromatic nitrogens is 1. The number of hydrogen-bond donors (Lipinski definition) is 0. The van der Waals surface area contributed by atoms with E-state index in [0.717, 1.165) is 18.8 Å². The first-order valence-electron chi connectivity index (χ1n) is 7.77. The molecular weight excluding hydrogens is 321 g/mol. The molecule has 1 fully saturated rings. The quantitative estimate of drug-likeness (QED) is 0.829. The highest BCUT2D eigenvalue weighted by molar-refractivity contribution is 6.06. The molecule has 0 N–H and O–H groups in total. The minimum atomic E-state index is -4.51. The molecule has 0 bridgehead atoms. The number of alkyl halides is 3. The second kappa shape index (κ2) is 5.77. The SMILES string of the molecule is C=CN1C(=O)[C@H]2CN(C(C)C)CCN2c2ncc(C(F)(F)F)cc21. The number of anilines is 2. The molecule has 24 heavy (non-hydrogen) atoms. The van der Waals surface area contributed by atoms with Gasteiger partial charge in [0.15, 0.2) is 5.82 Å². The molecule has 0 radical (unpaired) electrons. The Labute approximate surface area is 138 Å². The molecule has 0 aliphatic carbocycles. The van der Waals surface area contributed by atoms with Crippen LogP contribution in [0.25, 0.3) is 0 Å². The van der Waals surface area contributed by atoms with E-state index in [-0.39, 0.29) is 11.6 Å². The van der Waals surface area contributed by atoms with Gasteiger partial charge < -0.3 is 4.90 Å². The largest absolute Gasteiger partial charge is 0.417 e. The highest BCUT2D eigenvalue weighted by atomic mass is 19.4. The van der Waals surface area contributed by atoms with Gasteiger partial charge in [0.05, 0.1) is 11.3 Å². The number of piperazine rings is 1. The third kappa shape index (κ3) is 2.64. The summed E-state index contributed by atoms with van der Waals surface area (Å²) in [6, 6.07) is 0.794. The maximum atomic E-state index is 13.0. The highest BCUT2D eigenvalue weighted by Crippen LogP contribution is 2.40. The van der Waals surface area contributed by atoms with Gasteiger partial charge >= 0.3 is 6.18 Å². The van der Waals surface area contributed by atoms with E-state index < -0.39 is 17.8 Å². The van der Waals surface area contributed by atoms with Crippen molar-refractivity contribution < 1.29 is 18.0 Å². The molecule has 1 atom stereocenters. The number of rotatable bonds is 2. The van der Waals surface area contributed by atoms with Crippen molar-refractivity contribution in [3.8, 4) is 0 Å². The van der Waals surface area contributed by atoms with Crippen molar-refractivity contribution in [2.45, 2.75) is 32.1 Å². The molecule has 2 aliphatic heterocycles. The van der Waals surface area contributed by atoms with Crippen LogP contribution in [0.2, 0.25) is 0 Å². The van der Waals surface area contributed by atoms with Crippen molar-refractivity contribution in [1.29, 1.82) is 0 Å². The standard InChI is InChI=1S/C16H19F3N4O/c1-4-22-12-7-11(16(17,18)19)8-20-14(12)23-6-5-21(10(2)3)9-13(23)15(22)24/h4,7-8,10,13H,1,5-6,9H2,2-3H3/t13-/m1/s1. The molecule has 0 saturated carbocycles. The van der Waals surface area contributed by atoms with Crippen LogP contribution in [0.5, 0.6) is 0 Å². The average molecular weight is 340 g/mol. The summed E-state index contributed by atoms with van der Waals surface area (Å²) >= 11 is 0. The van der Waals surface area contributed by atoms with E-state index in [1.165, 1.54) is 11.1 Å². The summed E-state index contributed by atoms with van der Waals surface area (Å²) in [5.41, 5.74) is -0.737. The Kier molecular flexibility index (Phi) is 4.03. The Hall–Kier alpha value is -2.09. The minimum absolute atomic E-state index is 0.138. The topological polar surface area (TPSA) is 39.7 Å². The second-order valence-electron chi connectivity index (χ2n) is 6.25. The molecule has 1 aromatic rings. The molecule has 130 valence electrons. The molecule has 1 amide bonds. The van der Waals surface area contributed by atoms with Crippen LogP contribution in [-0.4, -0.2) is 47.5 Å². The van der Waals surface area contributed by atoms with E-state index >= 15 is 0 Å². The van der Waals surface area contributed by atoms with Gasteiger partial charge in [-0.3, -0.25) is 14.6 Å². The number of amides is 1. The summed E-state index contributed by atoms with van der Waals surface area (Å²) in [4.78, 5) is 21.9. The van der Waals surface area contributed by atoms with Crippen molar-refractivity contribution in [3.05, 3.63) is 30.6 Å². The van der Waals surface area contributed by atoms with E-state index in [0.29, 0.717) is 24.9 Å². The van der Waals surface area contributed by atoms with Crippen LogP contribution in [0, 0.1) is 0 Å². The fourth-order valence-corrected chi connectivity index (χ4v) is 3.21. The normalized spacial score (nSPS) is 21.8. The maximum absolute atomic E-state index is 13.0. The molecule has 2 aliphatic rings. The minimum Gasteiger partial charge on any atom is -0.340 e. The van der Waals surface area contributed by atoms with Gasteiger partial charge in [-0.25, -0.2) is 4.98 Å². The summed E-state index contributed by atoms with van der Waals surface area (Å²) in [5, 5.41) is 0. The summed E-state index contributed by atoms with van der Waals surface area (Å²) < 4.78 is 38.9. The molecule has 5 nitrogen and oxygen atoms in total. The van der Waals surface area contributed by atoms with Gasteiger partial charge in [-0.2, -0.15) is 13.2 Å². The first kappa shape index (κ1) is 16.8. The number of hydrogen-bond acceptors (Lipinski definition) is 4. The van der Waals surface area contributed by atoms with Gasteiger partial charge in [-0.15, -0.1) is 0 Å². The molecular formula is C16H19F3N4O. The molecule has 3 heterocycles. The van der Waals surface area contributed by atoms with Gasteiger partial charge in [-0.1, -0.05) is 6.58 Å². The Morgan fingerprint density at radius 3 is 2.67 bits per heavy atom. The zero-order valence-corrected chi connectivity index (χ0v) is 13.5. The fourth-order valence-electron chi connectivity index (χ4n) is 3.21. The number of carbonyl (C=O) groups excluding carboxylic acids is 1. The predicted octanol–water partition coefficient (Wildman–Crippen LogP) is 2.49. The predicted molar refractivity (Wildman–Crippen MR) is 84.8 cm³/mol. The van der Waals surface area contributed by atoms with Gasteiger partial charge in [0.1, 0.15) is 6.04 Å². The number of nitrogens with zero attached hydrogens (tertiary/aromatic N) is 4. The van der Waals surface area contributed by atoms with E-state index in [1.807, 2.05) is 0 Å². The molecule has 8 heteroatoms. The highest BCUT2D eigenvalue weighted by Gasteiger charge is 2.43. The smallest absolute Gasteiger partial charge is 0.340 e. The Morgan fingerprint density at radius 1 is 1.38 bits per heavy atom. The summed E-state index contributed by atoms with van der Waals surface area (Å²) in [6.07, 6.45) is -2.43. The van der Waals surface area contributed by atoms with Crippen LogP contribution in [0.1, 0.15) is 19.4 Å². The number of fused-ring (bicyclic) bond motifs is 3. The van der Waals surface area contributed by atoms with Crippen molar-refractivity contribution >= 4 is 17.4 Å². The fraction of sp³-hybridized carbons (Fsp3) is 0.500. The summed E-state index contributed by atoms with van der Waals surface area (Å²) in [6.45, 7) is 9.48. The summed E-state index contributed by atoms with van der Waals surface area (Å²) in [7, 11) is 0. The van der Waals surface area contributed by atoms with Crippen molar-refractivity contribution in [2.24, 2.45) is 0 Å². The van der Waals surface area contributed by atoms with Crippen LogP contribution in [0.3, 0.4) is 0 Å². The van der Waals surface area contributed by atoms with Crippen molar-refractivity contribution in [3.63, 3.8) is 0 Å². The zero-order chi connectivity index (χ0) is 17.6. The van der Waals surface area contributed by atoms with Crippen molar-refractivity contribution in [2.75, 3.05) is 29.4 Å². The van der Waals surface area contributed by atoms with Crippen LogP contribution in [0.4, 0.5) is 24.7 Å². The van der Waals surface area contributed by atoms with Gasteiger partial charge in [0, 0.05) is 38.1 Å². The van der Waals surface area contributed by atoms with Gasteiger partial charge in [0.2, 0.25) is 0 Å². The average Bonchev–Trinajstić information content (AvgIpc) is 2.53. The number of pyridine rings is 1. The van der Waals surface area contributed by atoms with Gasteiger partial charge in [-0.05, 0) is 19.9 Å². The third-order valence-corrected chi connectivity index (χ3v) is 4.55. The zero-order valence-electron chi connectivity index (χ0n) is 13.5. The third-order valence-electron chi connectivity index (χ3n) is 4.55. The molecule has 0 unspecified atom stereocenters. The number of halogens is 3. The lowest BCUT2D eigenvalue weighted by molar-refractivity contribution is -0.137. The van der Waals surface area contributed by atoms with Crippen LogP contribution in [-0.2, 0) is 11.0 Å². The first-order valence-corrected chi connectivity index (χ1v) is 7.77. The lowest BCUT2D eigenvalue weighted by Crippen LogP contribution is -2.63.